The van der Waals surface area contributed by atoms with E-state index in [0.29, 0.717) is 0 Å². The zero-order valence-electron chi connectivity index (χ0n) is 19.6. The lowest BCUT2D eigenvalue weighted by atomic mass is 9.96. The number of phenolic OH excluding ortho intramolecular Hbond substituents is 2. The molecule has 0 radical (unpaired) electrons. The van der Waals surface area contributed by atoms with Crippen LogP contribution in [0.2, 0.25) is 0 Å². The first-order valence-electron chi connectivity index (χ1n) is 11.7. The van der Waals surface area contributed by atoms with Crippen LogP contribution in [0, 0.1) is 0 Å². The third-order valence-corrected chi connectivity index (χ3v) is 6.68. The van der Waals surface area contributed by atoms with E-state index in [1.54, 1.807) is 0 Å². The maximum atomic E-state index is 14.0. The second-order valence-electron chi connectivity index (χ2n) is 9.12. The van der Waals surface area contributed by atoms with E-state index >= 15 is 0 Å². The van der Waals surface area contributed by atoms with Crippen molar-refractivity contribution in [2.45, 2.75) is 49.0 Å². The highest BCUT2D eigenvalue weighted by Crippen LogP contribution is 2.41. The maximum absolute atomic E-state index is 14.0. The zero-order valence-corrected chi connectivity index (χ0v) is 19.6. The number of aromatic hydroxyl groups is 2. The Kier molecular flexibility index (Phi) is 7.02. The van der Waals surface area contributed by atoms with Gasteiger partial charge >= 0.3 is 0 Å². The predicted octanol–water partition coefficient (Wildman–Crippen LogP) is -1.16. The number of aliphatic hydroxyl groups is 6. The van der Waals surface area contributed by atoms with Crippen LogP contribution < -0.4 is 10.2 Å². The van der Waals surface area contributed by atoms with Crippen molar-refractivity contribution in [2.75, 3.05) is 13.2 Å². The summed E-state index contributed by atoms with van der Waals surface area (Å²) < 4.78 is 22.6. The zero-order chi connectivity index (χ0) is 27.3. The number of rotatable bonds is 6. The summed E-state index contributed by atoms with van der Waals surface area (Å²) >= 11 is 0. The Morgan fingerprint density at radius 1 is 0.789 bits per heavy atom. The molecule has 2 fully saturated rings. The smallest absolute Gasteiger partial charge is 0.229 e. The summed E-state index contributed by atoms with van der Waals surface area (Å²) in [7, 11) is 0. The van der Waals surface area contributed by atoms with Crippen LogP contribution in [-0.2, 0) is 9.47 Å². The normalized spacial score (nSPS) is 31.2. The first kappa shape index (κ1) is 26.3. The minimum atomic E-state index is -1.63. The molecule has 0 bridgehead atoms. The highest BCUT2D eigenvalue weighted by Gasteiger charge is 2.47. The van der Waals surface area contributed by atoms with Crippen molar-refractivity contribution in [1.82, 2.24) is 0 Å². The van der Waals surface area contributed by atoms with E-state index in [0.717, 1.165) is 12.1 Å². The summed E-state index contributed by atoms with van der Waals surface area (Å²) in [4.78, 5) is 14.0. The Bertz CT molecular complexity index is 1370. The third kappa shape index (κ3) is 4.38. The molecule has 2 aliphatic rings. The highest BCUT2D eigenvalue weighted by molar-refractivity contribution is 5.87. The van der Waals surface area contributed by atoms with Gasteiger partial charge in [-0.3, -0.25) is 4.79 Å². The monoisotopic (exact) mass is 534 g/mol. The molecule has 8 N–H and O–H groups in total. The van der Waals surface area contributed by atoms with E-state index in [4.69, 9.17) is 18.6 Å². The van der Waals surface area contributed by atoms with Crippen LogP contribution in [0.1, 0.15) is 11.7 Å². The van der Waals surface area contributed by atoms with Gasteiger partial charge in [0, 0.05) is 17.7 Å². The molecule has 13 nitrogen and oxygen atoms in total. The van der Waals surface area contributed by atoms with Crippen LogP contribution in [0.25, 0.3) is 22.3 Å². The van der Waals surface area contributed by atoms with E-state index in [2.05, 4.69) is 0 Å². The van der Waals surface area contributed by atoms with Crippen molar-refractivity contribution in [3.05, 3.63) is 52.2 Å². The predicted molar refractivity (Wildman–Crippen MR) is 126 cm³/mol. The average molecular weight is 534 g/mol. The van der Waals surface area contributed by atoms with Gasteiger partial charge in [-0.15, -0.1) is 0 Å². The Balaban J connectivity index is 1.71. The van der Waals surface area contributed by atoms with Crippen LogP contribution in [0.15, 0.2) is 45.6 Å². The van der Waals surface area contributed by atoms with Gasteiger partial charge in [-0.2, -0.15) is 0 Å². The van der Waals surface area contributed by atoms with E-state index in [1.807, 2.05) is 0 Å². The molecule has 1 aromatic heterocycles. The largest absolute Gasteiger partial charge is 0.508 e. The van der Waals surface area contributed by atoms with Gasteiger partial charge in [0.25, 0.3) is 0 Å². The molecule has 13 heteroatoms. The lowest BCUT2D eigenvalue weighted by Gasteiger charge is -2.21. The fraction of sp³-hybridized carbons (Fsp3) is 0.400. The second kappa shape index (κ2) is 10.1. The third-order valence-electron chi connectivity index (χ3n) is 6.68. The first-order chi connectivity index (χ1) is 18.1. The highest BCUT2D eigenvalue weighted by atomic mass is 16.7. The molecule has 2 aliphatic heterocycles. The van der Waals surface area contributed by atoms with Crippen molar-refractivity contribution in [3.8, 4) is 28.6 Å². The number of hydrogen-bond acceptors (Lipinski definition) is 13. The molecule has 0 saturated carbocycles. The summed E-state index contributed by atoms with van der Waals surface area (Å²) in [5.74, 6) is -0.881. The molecule has 2 aromatic carbocycles. The van der Waals surface area contributed by atoms with Crippen molar-refractivity contribution >= 4 is 11.0 Å². The molecule has 5 rings (SSSR count). The molecule has 204 valence electrons. The molecular formula is C25H26O13. The summed E-state index contributed by atoms with van der Waals surface area (Å²) in [5.41, 5.74) is -0.938. The molecule has 2 saturated heterocycles. The Morgan fingerprint density at radius 3 is 2.03 bits per heavy atom. The van der Waals surface area contributed by atoms with Crippen LogP contribution in [0.4, 0.5) is 0 Å². The number of aliphatic hydroxyl groups excluding tert-OH is 6. The summed E-state index contributed by atoms with van der Waals surface area (Å²) in [5, 5.41) is 80.0. The Hall–Kier alpha value is -3.27. The average Bonchev–Trinajstić information content (AvgIpc) is 3.33. The standard InChI is InChI=1S/C25H26O13/c26-7-14-18(30)21(33)24(36-14)17-20(32)16-12(35-23(17)9-1-3-10(28)4-2-9)5-11(29)6-13(16)37-25-22(34)19(31)15(8-27)38-25/h1-6,14-15,18-19,21-22,24-31,33-34H,7-8H2/t14-,15-,18-,19-,21+,22+,24?,25?/m1/s1. The van der Waals surface area contributed by atoms with Crippen molar-refractivity contribution < 1.29 is 59.5 Å². The molecule has 38 heavy (non-hydrogen) atoms. The van der Waals surface area contributed by atoms with E-state index < -0.39 is 67.7 Å². The molecule has 8 atom stereocenters. The minimum absolute atomic E-state index is 0.0711. The second-order valence-corrected chi connectivity index (χ2v) is 9.12. The Morgan fingerprint density at radius 2 is 1.42 bits per heavy atom. The van der Waals surface area contributed by atoms with Crippen LogP contribution in [0.3, 0.4) is 0 Å². The number of benzene rings is 2. The van der Waals surface area contributed by atoms with Gasteiger partial charge in [0.1, 0.15) is 76.7 Å². The molecule has 3 aromatic rings. The van der Waals surface area contributed by atoms with Crippen molar-refractivity contribution in [1.29, 1.82) is 0 Å². The minimum Gasteiger partial charge on any atom is -0.508 e. The molecule has 3 heterocycles. The van der Waals surface area contributed by atoms with E-state index in [9.17, 15) is 45.6 Å². The summed E-state index contributed by atoms with van der Waals surface area (Å²) in [6, 6.07) is 7.72. The summed E-state index contributed by atoms with van der Waals surface area (Å²) in [6.45, 7) is -1.26. The molecule has 0 amide bonds. The van der Waals surface area contributed by atoms with Crippen LogP contribution >= 0.6 is 0 Å². The van der Waals surface area contributed by atoms with E-state index in [-0.39, 0.29) is 45.1 Å². The number of fused-ring (bicyclic) bond motifs is 1. The van der Waals surface area contributed by atoms with Gasteiger partial charge in [0.15, 0.2) is 0 Å². The maximum Gasteiger partial charge on any atom is 0.229 e. The van der Waals surface area contributed by atoms with Gasteiger partial charge in [0.05, 0.1) is 18.8 Å². The van der Waals surface area contributed by atoms with Gasteiger partial charge < -0.3 is 59.5 Å². The van der Waals surface area contributed by atoms with Crippen LogP contribution in [0.5, 0.6) is 17.2 Å². The van der Waals surface area contributed by atoms with Gasteiger partial charge in [-0.05, 0) is 24.3 Å². The lowest BCUT2D eigenvalue weighted by Crippen LogP contribution is -2.35. The fourth-order valence-electron chi connectivity index (χ4n) is 4.69. The topological polar surface area (TPSA) is 220 Å². The first-order valence-corrected chi connectivity index (χ1v) is 11.7. The number of phenols is 2. The van der Waals surface area contributed by atoms with E-state index in [1.165, 1.54) is 24.3 Å². The fourth-order valence-corrected chi connectivity index (χ4v) is 4.69. The number of ether oxygens (including phenoxy) is 3. The van der Waals surface area contributed by atoms with Gasteiger partial charge in [-0.1, -0.05) is 0 Å². The van der Waals surface area contributed by atoms with Crippen LogP contribution in [-0.4, -0.2) is 97.0 Å². The van der Waals surface area contributed by atoms with Gasteiger partial charge in [0.2, 0.25) is 11.7 Å². The van der Waals surface area contributed by atoms with Crippen molar-refractivity contribution in [3.63, 3.8) is 0 Å². The number of hydrogen-bond donors (Lipinski definition) is 8. The van der Waals surface area contributed by atoms with Crippen molar-refractivity contribution in [2.24, 2.45) is 0 Å². The Labute approximate surface area is 213 Å². The summed E-state index contributed by atoms with van der Waals surface area (Å²) in [6.07, 6.45) is -11.6. The molecule has 2 unspecified atom stereocenters. The molecule has 0 aliphatic carbocycles. The SMILES string of the molecule is O=c1c(C2O[C@H](CO)[C@@H](O)[C@@H]2O)c(-c2ccc(O)cc2)oc2cc(O)cc(OC3O[C@H](CO)[C@@H](O)[C@@H]3O)c12. The molecular weight excluding hydrogens is 508 g/mol. The van der Waals surface area contributed by atoms with Gasteiger partial charge in [-0.25, -0.2) is 0 Å². The molecule has 0 spiro atoms. The quantitative estimate of drug-likeness (QED) is 0.187. The lowest BCUT2D eigenvalue weighted by molar-refractivity contribution is -0.116.